The second-order valence-electron chi connectivity index (χ2n) is 5.70. The Balaban J connectivity index is 2.06. The lowest BCUT2D eigenvalue weighted by Gasteiger charge is -2.17. The van der Waals surface area contributed by atoms with Crippen LogP contribution in [0.4, 0.5) is 0 Å². The second kappa shape index (κ2) is 9.94. The summed E-state index contributed by atoms with van der Waals surface area (Å²) in [6.07, 6.45) is 1.94. The largest absolute Gasteiger partial charge is 0.378 e. The van der Waals surface area contributed by atoms with Crippen LogP contribution in [0.25, 0.3) is 0 Å². The van der Waals surface area contributed by atoms with Crippen molar-refractivity contribution in [3.63, 3.8) is 0 Å². The highest BCUT2D eigenvalue weighted by Gasteiger charge is 2.33. The maximum Gasteiger partial charge on any atom is 0.378 e. The maximum absolute atomic E-state index is 12.3. The lowest BCUT2D eigenvalue weighted by Crippen LogP contribution is -2.39. The molecule has 4 N–H and O–H groups in total. The van der Waals surface area contributed by atoms with Gasteiger partial charge < -0.3 is 11.5 Å². The zero-order valence-electron chi connectivity index (χ0n) is 14.8. The number of rotatable bonds is 7. The molecule has 0 unspecified atom stereocenters. The predicted molar refractivity (Wildman–Crippen MR) is 96.2 cm³/mol. The number of nitriles is 1. The van der Waals surface area contributed by atoms with Gasteiger partial charge in [0.25, 0.3) is 5.96 Å². The first kappa shape index (κ1) is 19.9. The van der Waals surface area contributed by atoms with Gasteiger partial charge in [-0.3, -0.25) is 9.68 Å². The topological polar surface area (TPSA) is 144 Å². The minimum absolute atomic E-state index is 0.0597. The summed E-state index contributed by atoms with van der Waals surface area (Å²) >= 11 is 0. The average molecular weight is 371 g/mol. The van der Waals surface area contributed by atoms with E-state index in [4.69, 9.17) is 21.1 Å². The number of hydrogen-bond acceptors (Lipinski definition) is 7. The SMILES string of the molecule is N#CC1=C(CCCCN)C(=O)ON(C(N)=NCCc2ccccc2)OC1=O. The Kier molecular flexibility index (Phi) is 7.34. The molecule has 0 atom stereocenters. The average Bonchev–Trinajstić information content (AvgIpc) is 2.79. The predicted octanol–water partition coefficient (Wildman–Crippen LogP) is 0.725. The van der Waals surface area contributed by atoms with Crippen LogP contribution in [0, 0.1) is 11.3 Å². The van der Waals surface area contributed by atoms with Gasteiger partial charge in [-0.1, -0.05) is 30.3 Å². The van der Waals surface area contributed by atoms with Crippen molar-refractivity contribution in [2.75, 3.05) is 13.1 Å². The first-order chi connectivity index (χ1) is 13.1. The van der Waals surface area contributed by atoms with Gasteiger partial charge in [-0.15, -0.1) is 0 Å². The Bertz CT molecular complexity index is 783. The minimum Gasteiger partial charge on any atom is -0.364 e. The third-order valence-electron chi connectivity index (χ3n) is 3.78. The van der Waals surface area contributed by atoms with Crippen molar-refractivity contribution in [3.05, 3.63) is 47.0 Å². The van der Waals surface area contributed by atoms with E-state index in [9.17, 15) is 14.9 Å². The molecule has 0 saturated carbocycles. The molecule has 0 fully saturated rings. The highest BCUT2D eigenvalue weighted by molar-refractivity contribution is 6.04. The molecule has 9 heteroatoms. The number of carbonyl (C=O) groups is 2. The molecule has 0 aromatic heterocycles. The fraction of sp³-hybridized carbons (Fsp3) is 0.333. The normalized spacial score (nSPS) is 15.1. The van der Waals surface area contributed by atoms with E-state index in [0.717, 1.165) is 5.56 Å². The van der Waals surface area contributed by atoms with Crippen molar-refractivity contribution in [3.8, 4) is 6.07 Å². The molecular formula is C18H21N5O4. The Morgan fingerprint density at radius 1 is 1.11 bits per heavy atom. The number of benzene rings is 1. The van der Waals surface area contributed by atoms with Gasteiger partial charge in [-0.25, -0.2) is 14.6 Å². The molecular weight excluding hydrogens is 350 g/mol. The van der Waals surface area contributed by atoms with Crippen LogP contribution in [0.1, 0.15) is 24.8 Å². The van der Waals surface area contributed by atoms with Gasteiger partial charge >= 0.3 is 11.9 Å². The van der Waals surface area contributed by atoms with Gasteiger partial charge in [0.2, 0.25) is 0 Å². The van der Waals surface area contributed by atoms with Crippen LogP contribution in [0.2, 0.25) is 0 Å². The van der Waals surface area contributed by atoms with Gasteiger partial charge in [0.05, 0.1) is 5.57 Å². The van der Waals surface area contributed by atoms with Crippen LogP contribution >= 0.6 is 0 Å². The van der Waals surface area contributed by atoms with Crippen LogP contribution in [0.5, 0.6) is 0 Å². The Labute approximate surface area is 156 Å². The first-order valence-corrected chi connectivity index (χ1v) is 8.48. The van der Waals surface area contributed by atoms with E-state index in [0.29, 0.717) is 37.6 Å². The van der Waals surface area contributed by atoms with E-state index in [1.807, 2.05) is 30.3 Å². The highest BCUT2D eigenvalue weighted by Crippen LogP contribution is 2.20. The van der Waals surface area contributed by atoms with E-state index >= 15 is 0 Å². The Morgan fingerprint density at radius 2 is 1.81 bits per heavy atom. The number of nitrogens with two attached hydrogens (primary N) is 2. The quantitative estimate of drug-likeness (QED) is 0.405. The molecule has 0 saturated heterocycles. The fourth-order valence-electron chi connectivity index (χ4n) is 2.38. The maximum atomic E-state index is 12.3. The summed E-state index contributed by atoms with van der Waals surface area (Å²) in [6, 6.07) is 11.3. The number of aliphatic imine (C=N–C) groups is 1. The fourth-order valence-corrected chi connectivity index (χ4v) is 2.38. The summed E-state index contributed by atoms with van der Waals surface area (Å²) in [5.74, 6) is -2.20. The number of hydroxylamine groups is 2. The number of nitrogens with zero attached hydrogens (tertiary/aromatic N) is 3. The van der Waals surface area contributed by atoms with Crippen LogP contribution in [-0.2, 0) is 25.7 Å². The minimum atomic E-state index is -1.02. The van der Waals surface area contributed by atoms with Gasteiger partial charge in [-0.2, -0.15) is 5.26 Å². The van der Waals surface area contributed by atoms with E-state index in [1.165, 1.54) is 0 Å². The summed E-state index contributed by atoms with van der Waals surface area (Å²) in [7, 11) is 0. The molecule has 1 heterocycles. The molecule has 27 heavy (non-hydrogen) atoms. The van der Waals surface area contributed by atoms with Crippen molar-refractivity contribution >= 4 is 17.9 Å². The molecule has 0 spiro atoms. The van der Waals surface area contributed by atoms with E-state index < -0.39 is 17.5 Å². The van der Waals surface area contributed by atoms with Crippen LogP contribution in [-0.4, -0.2) is 36.2 Å². The lowest BCUT2D eigenvalue weighted by atomic mass is 10.0. The summed E-state index contributed by atoms with van der Waals surface area (Å²) in [4.78, 5) is 38.3. The molecule has 9 nitrogen and oxygen atoms in total. The zero-order valence-corrected chi connectivity index (χ0v) is 14.8. The summed E-state index contributed by atoms with van der Waals surface area (Å²) in [5.41, 5.74) is 11.8. The number of hydrogen-bond donors (Lipinski definition) is 2. The second-order valence-corrected chi connectivity index (χ2v) is 5.70. The summed E-state index contributed by atoms with van der Waals surface area (Å²) in [6.45, 7) is 0.727. The monoisotopic (exact) mass is 371 g/mol. The molecule has 0 radical (unpaired) electrons. The molecule has 0 amide bonds. The number of unbranched alkanes of at least 4 members (excludes halogenated alkanes) is 1. The van der Waals surface area contributed by atoms with Crippen molar-refractivity contribution in [2.24, 2.45) is 16.5 Å². The molecule has 0 bridgehead atoms. The molecule has 0 aliphatic carbocycles. The van der Waals surface area contributed by atoms with Crippen LogP contribution in [0.3, 0.4) is 0 Å². The Morgan fingerprint density at radius 3 is 2.48 bits per heavy atom. The van der Waals surface area contributed by atoms with E-state index in [1.54, 1.807) is 6.07 Å². The smallest absolute Gasteiger partial charge is 0.364 e. The van der Waals surface area contributed by atoms with E-state index in [-0.39, 0.29) is 18.0 Å². The van der Waals surface area contributed by atoms with Crippen molar-refractivity contribution in [2.45, 2.75) is 25.7 Å². The third kappa shape index (κ3) is 5.55. The molecule has 1 aliphatic rings. The first-order valence-electron chi connectivity index (χ1n) is 8.48. The third-order valence-corrected chi connectivity index (χ3v) is 3.78. The standard InChI is InChI=1S/C18H21N5O4/c19-10-5-4-8-14-15(12-20)17(25)27-23(26-16(14)24)18(21)22-11-9-13-6-2-1-3-7-13/h1-3,6-7H,4-5,8-11,19H2,(H2,21,22). The Hall–Kier alpha value is -3.38. The van der Waals surface area contributed by atoms with Crippen molar-refractivity contribution < 1.29 is 19.3 Å². The molecule has 142 valence electrons. The molecule has 2 rings (SSSR count). The molecule has 1 aromatic carbocycles. The lowest BCUT2D eigenvalue weighted by molar-refractivity contribution is -0.275. The van der Waals surface area contributed by atoms with Crippen LogP contribution in [0.15, 0.2) is 46.5 Å². The highest BCUT2D eigenvalue weighted by atomic mass is 17.0. The van der Waals surface area contributed by atoms with Gasteiger partial charge in [0.15, 0.2) is 0 Å². The van der Waals surface area contributed by atoms with Gasteiger partial charge in [-0.05, 0) is 37.8 Å². The van der Waals surface area contributed by atoms with Crippen molar-refractivity contribution in [1.29, 1.82) is 5.26 Å². The molecule has 1 aliphatic heterocycles. The number of carbonyl (C=O) groups excluding carboxylic acids is 2. The number of guanidine groups is 1. The van der Waals surface area contributed by atoms with Crippen LogP contribution < -0.4 is 11.5 Å². The van der Waals surface area contributed by atoms with Crippen molar-refractivity contribution in [1.82, 2.24) is 5.23 Å². The van der Waals surface area contributed by atoms with Gasteiger partial charge in [0.1, 0.15) is 11.6 Å². The summed E-state index contributed by atoms with van der Waals surface area (Å²) < 4.78 is 0. The summed E-state index contributed by atoms with van der Waals surface area (Å²) in [5, 5.41) is 9.65. The van der Waals surface area contributed by atoms with E-state index in [2.05, 4.69) is 4.99 Å². The molecule has 1 aromatic rings. The zero-order chi connectivity index (χ0) is 19.6. The van der Waals surface area contributed by atoms with Gasteiger partial charge in [0, 0.05) is 11.8 Å².